The van der Waals surface area contributed by atoms with E-state index >= 15 is 0 Å². The van der Waals surface area contributed by atoms with E-state index in [9.17, 15) is 0 Å². The molecule has 0 spiro atoms. The van der Waals surface area contributed by atoms with Crippen molar-refractivity contribution in [3.63, 3.8) is 0 Å². The van der Waals surface area contributed by atoms with Crippen LogP contribution in [0.3, 0.4) is 0 Å². The monoisotopic (exact) mass is 68.0 g/mol. The Balaban J connectivity index is 2.71. The Hall–Kier alpha value is -0.720. The largest absolute Gasteiger partial charge is 0.465 e. The molecule has 0 aliphatic carbocycles. The quantitative estimate of drug-likeness (QED) is 0.412. The highest BCUT2D eigenvalue weighted by molar-refractivity contribution is 5.13. The molecule has 5 heavy (non-hydrogen) atoms. The molecule has 1 aliphatic heterocycles. The summed E-state index contributed by atoms with van der Waals surface area (Å²) < 4.78 is 4.56. The summed E-state index contributed by atoms with van der Waals surface area (Å²) in [6, 6.07) is 0. The van der Waals surface area contributed by atoms with Gasteiger partial charge in [-0.05, 0) is 0 Å². The lowest BCUT2D eigenvalue weighted by atomic mass is 10.5. The SMILES string of the molecule is C=C1C=CO1. The number of hydrogen-bond acceptors (Lipinski definition) is 1. The molecule has 0 fully saturated rings. The predicted octanol–water partition coefficient (Wildman–Crippen LogP) is 1.04. The molecule has 0 amide bonds. The van der Waals surface area contributed by atoms with Gasteiger partial charge in [0.2, 0.25) is 0 Å². The first-order valence-electron chi connectivity index (χ1n) is 1.42. The second-order valence-corrected chi connectivity index (χ2v) is 0.887. The minimum absolute atomic E-state index is 0.755. The summed E-state index contributed by atoms with van der Waals surface area (Å²) in [5.74, 6) is 0.755. The van der Waals surface area contributed by atoms with Gasteiger partial charge in [-0.15, -0.1) is 0 Å². The molecule has 0 bridgehead atoms. The molecule has 0 saturated heterocycles. The second kappa shape index (κ2) is 0.612. The maximum absolute atomic E-state index is 4.56. The fraction of sp³-hybridized carbons (Fsp3) is 0. The summed E-state index contributed by atoms with van der Waals surface area (Å²) >= 11 is 0. The summed E-state index contributed by atoms with van der Waals surface area (Å²) in [5.41, 5.74) is 0. The van der Waals surface area contributed by atoms with Gasteiger partial charge in [0, 0.05) is 6.08 Å². The lowest BCUT2D eigenvalue weighted by molar-refractivity contribution is 0.328. The standard InChI is InChI=1S/C4H4O/c1-4-2-3-5-4/h2-3H,1H2. The zero-order chi connectivity index (χ0) is 3.70. The van der Waals surface area contributed by atoms with Crippen molar-refractivity contribution in [2.75, 3.05) is 0 Å². The summed E-state index contributed by atoms with van der Waals surface area (Å²) in [6.45, 7) is 3.45. The van der Waals surface area contributed by atoms with Crippen molar-refractivity contribution in [1.29, 1.82) is 0 Å². The van der Waals surface area contributed by atoms with E-state index in [0.717, 1.165) is 5.76 Å². The Morgan fingerprint density at radius 1 is 1.80 bits per heavy atom. The zero-order valence-corrected chi connectivity index (χ0v) is 2.77. The average Bonchev–Trinajstić information content (AvgIpc) is 1.30. The van der Waals surface area contributed by atoms with Crippen molar-refractivity contribution < 1.29 is 4.74 Å². The first-order chi connectivity index (χ1) is 2.39. The van der Waals surface area contributed by atoms with Crippen molar-refractivity contribution in [3.05, 3.63) is 24.7 Å². The van der Waals surface area contributed by atoms with E-state index < -0.39 is 0 Å². The minimum atomic E-state index is 0.755. The first kappa shape index (κ1) is 2.51. The molecular weight excluding hydrogens is 64.0 g/mol. The van der Waals surface area contributed by atoms with Crippen LogP contribution in [0.25, 0.3) is 0 Å². The van der Waals surface area contributed by atoms with Gasteiger partial charge in [-0.25, -0.2) is 0 Å². The van der Waals surface area contributed by atoms with Gasteiger partial charge in [-0.3, -0.25) is 0 Å². The highest BCUT2D eigenvalue weighted by atomic mass is 16.5. The highest BCUT2D eigenvalue weighted by Crippen LogP contribution is 2.05. The van der Waals surface area contributed by atoms with E-state index in [2.05, 4.69) is 11.3 Å². The summed E-state index contributed by atoms with van der Waals surface area (Å²) in [4.78, 5) is 0. The van der Waals surface area contributed by atoms with Gasteiger partial charge in [0.1, 0.15) is 5.76 Å². The van der Waals surface area contributed by atoms with Crippen LogP contribution in [-0.2, 0) is 4.74 Å². The second-order valence-electron chi connectivity index (χ2n) is 0.887. The van der Waals surface area contributed by atoms with Crippen LogP contribution >= 0.6 is 0 Å². The van der Waals surface area contributed by atoms with Crippen LogP contribution in [0.5, 0.6) is 0 Å². The highest BCUT2D eigenvalue weighted by Gasteiger charge is 1.90. The number of ether oxygens (including phenoxy) is 1. The molecule has 0 saturated carbocycles. The lowest BCUT2D eigenvalue weighted by Gasteiger charge is -2.03. The molecule has 0 aromatic heterocycles. The summed E-state index contributed by atoms with van der Waals surface area (Å²) in [6.07, 6.45) is 3.41. The molecule has 1 heteroatoms. The topological polar surface area (TPSA) is 9.23 Å². The molecule has 0 atom stereocenters. The molecule has 0 N–H and O–H groups in total. The van der Waals surface area contributed by atoms with E-state index in [1.165, 1.54) is 0 Å². The van der Waals surface area contributed by atoms with Crippen LogP contribution in [0.1, 0.15) is 0 Å². The van der Waals surface area contributed by atoms with Gasteiger partial charge < -0.3 is 4.74 Å². The lowest BCUT2D eigenvalue weighted by Crippen LogP contribution is -1.85. The smallest absolute Gasteiger partial charge is 0.122 e. The van der Waals surface area contributed by atoms with Crippen LogP contribution in [0.15, 0.2) is 24.7 Å². The Morgan fingerprint density at radius 2 is 2.20 bits per heavy atom. The fourth-order valence-electron chi connectivity index (χ4n) is 0.164. The number of rotatable bonds is 0. The van der Waals surface area contributed by atoms with Crippen LogP contribution in [0.2, 0.25) is 0 Å². The predicted molar refractivity (Wildman–Crippen MR) is 19.4 cm³/mol. The number of allylic oxidation sites excluding steroid dienone is 1. The van der Waals surface area contributed by atoms with Crippen molar-refractivity contribution in [2.45, 2.75) is 0 Å². The normalized spacial score (nSPS) is 17.2. The maximum atomic E-state index is 4.56. The Labute approximate surface area is 30.6 Å². The van der Waals surface area contributed by atoms with Crippen molar-refractivity contribution in [1.82, 2.24) is 0 Å². The molecule has 0 aromatic carbocycles. The van der Waals surface area contributed by atoms with Crippen molar-refractivity contribution in [2.24, 2.45) is 0 Å². The van der Waals surface area contributed by atoms with Gasteiger partial charge in [0.25, 0.3) is 0 Å². The van der Waals surface area contributed by atoms with Crippen molar-refractivity contribution in [3.8, 4) is 0 Å². The molecule has 1 rings (SSSR count). The summed E-state index contributed by atoms with van der Waals surface area (Å²) in [5, 5.41) is 0. The average molecular weight is 68.1 g/mol. The van der Waals surface area contributed by atoms with Gasteiger partial charge in [-0.2, -0.15) is 0 Å². The Bertz CT molecular complexity index is 81.6. The van der Waals surface area contributed by atoms with E-state index in [-0.39, 0.29) is 0 Å². The molecule has 1 nitrogen and oxygen atoms in total. The first-order valence-corrected chi connectivity index (χ1v) is 1.42. The molecule has 0 radical (unpaired) electrons. The molecule has 0 aromatic rings. The Kier molecular flexibility index (Phi) is 0.307. The third kappa shape index (κ3) is 0.193. The molecular formula is C4H4O. The third-order valence-electron chi connectivity index (χ3n) is 0.473. The van der Waals surface area contributed by atoms with Gasteiger partial charge in [-0.1, -0.05) is 6.58 Å². The Morgan fingerprint density at radius 3 is 2.20 bits per heavy atom. The van der Waals surface area contributed by atoms with E-state index in [4.69, 9.17) is 0 Å². The third-order valence-corrected chi connectivity index (χ3v) is 0.473. The van der Waals surface area contributed by atoms with E-state index in [0.29, 0.717) is 0 Å². The van der Waals surface area contributed by atoms with E-state index in [1.807, 2.05) is 0 Å². The molecule has 1 aliphatic rings. The van der Waals surface area contributed by atoms with Crippen LogP contribution < -0.4 is 0 Å². The van der Waals surface area contributed by atoms with Crippen LogP contribution in [0, 0.1) is 0 Å². The zero-order valence-electron chi connectivity index (χ0n) is 2.77. The summed E-state index contributed by atoms with van der Waals surface area (Å²) in [7, 11) is 0. The molecule has 0 unspecified atom stereocenters. The van der Waals surface area contributed by atoms with Gasteiger partial charge >= 0.3 is 0 Å². The molecule has 26 valence electrons. The van der Waals surface area contributed by atoms with Crippen LogP contribution in [-0.4, -0.2) is 0 Å². The van der Waals surface area contributed by atoms with Gasteiger partial charge in [0.05, 0.1) is 6.26 Å². The number of hydrogen-bond donors (Lipinski definition) is 0. The van der Waals surface area contributed by atoms with E-state index in [1.54, 1.807) is 12.3 Å². The van der Waals surface area contributed by atoms with Crippen molar-refractivity contribution >= 4 is 0 Å². The van der Waals surface area contributed by atoms with Crippen LogP contribution in [0.4, 0.5) is 0 Å². The van der Waals surface area contributed by atoms with Gasteiger partial charge in [0.15, 0.2) is 0 Å². The maximum Gasteiger partial charge on any atom is 0.122 e. The molecule has 1 heterocycles. The minimum Gasteiger partial charge on any atom is -0.465 e. The fourth-order valence-corrected chi connectivity index (χ4v) is 0.164.